The minimum atomic E-state index is -0.334. The van der Waals surface area contributed by atoms with Crippen molar-refractivity contribution in [2.24, 2.45) is 5.92 Å². The zero-order valence-electron chi connectivity index (χ0n) is 13.9. The summed E-state index contributed by atoms with van der Waals surface area (Å²) in [6.07, 6.45) is 2.61. The number of ether oxygens (including phenoxy) is 1. The lowest BCUT2D eigenvalue weighted by Gasteiger charge is -2.09. The Bertz CT molecular complexity index is 794. The molecule has 0 saturated carbocycles. The molecule has 0 fully saturated rings. The number of aromatic amines is 1. The Morgan fingerprint density at radius 1 is 1.29 bits per heavy atom. The monoisotopic (exact) mass is 327 g/mol. The van der Waals surface area contributed by atoms with Crippen LogP contribution in [0.25, 0.3) is 0 Å². The number of hydrogen-bond acceptors (Lipinski definition) is 5. The Morgan fingerprint density at radius 2 is 2.04 bits per heavy atom. The van der Waals surface area contributed by atoms with Crippen LogP contribution in [-0.2, 0) is 17.6 Å². The van der Waals surface area contributed by atoms with Gasteiger partial charge in [-0.2, -0.15) is 0 Å². The number of benzene rings is 1. The van der Waals surface area contributed by atoms with E-state index in [9.17, 15) is 9.59 Å². The summed E-state index contributed by atoms with van der Waals surface area (Å²) in [5.74, 6) is 0.396. The first-order valence-corrected chi connectivity index (χ1v) is 8.19. The van der Waals surface area contributed by atoms with E-state index in [1.54, 1.807) is 24.3 Å². The number of H-pyrrole nitrogens is 1. The Hall–Kier alpha value is -2.63. The molecule has 0 radical (unpaired) electrons. The van der Waals surface area contributed by atoms with Gasteiger partial charge in [-0.1, -0.05) is 13.8 Å². The van der Waals surface area contributed by atoms with E-state index < -0.39 is 0 Å². The van der Waals surface area contributed by atoms with Crippen molar-refractivity contribution in [2.75, 3.05) is 11.9 Å². The fraction of sp³-hybridized carbons (Fsp3) is 0.389. The number of carbonyl (C=O) groups is 1. The first-order chi connectivity index (χ1) is 11.5. The molecule has 0 spiro atoms. The predicted molar refractivity (Wildman–Crippen MR) is 91.7 cm³/mol. The van der Waals surface area contributed by atoms with Crippen LogP contribution in [0.5, 0.6) is 0 Å². The van der Waals surface area contributed by atoms with Gasteiger partial charge in [0.2, 0.25) is 5.95 Å². The molecule has 2 aromatic rings. The summed E-state index contributed by atoms with van der Waals surface area (Å²) in [6.45, 7) is 4.38. The molecule has 0 bridgehead atoms. The largest absolute Gasteiger partial charge is 0.462 e. The van der Waals surface area contributed by atoms with Crippen molar-refractivity contribution in [3.63, 3.8) is 0 Å². The van der Waals surface area contributed by atoms with Gasteiger partial charge in [0, 0.05) is 11.3 Å². The summed E-state index contributed by atoms with van der Waals surface area (Å²) >= 11 is 0. The second-order valence-electron chi connectivity index (χ2n) is 6.39. The average molecular weight is 327 g/mol. The van der Waals surface area contributed by atoms with Crippen molar-refractivity contribution in [3.8, 4) is 0 Å². The minimum Gasteiger partial charge on any atom is -0.462 e. The molecule has 0 atom stereocenters. The molecule has 1 heterocycles. The van der Waals surface area contributed by atoms with Crippen LogP contribution in [0.3, 0.4) is 0 Å². The summed E-state index contributed by atoms with van der Waals surface area (Å²) < 4.78 is 5.19. The van der Waals surface area contributed by atoms with E-state index in [2.05, 4.69) is 15.3 Å². The van der Waals surface area contributed by atoms with Crippen molar-refractivity contribution < 1.29 is 9.53 Å². The van der Waals surface area contributed by atoms with Crippen molar-refractivity contribution >= 4 is 17.6 Å². The van der Waals surface area contributed by atoms with Gasteiger partial charge in [0.15, 0.2) is 0 Å². The lowest BCUT2D eigenvalue weighted by molar-refractivity contribution is 0.0459. The van der Waals surface area contributed by atoms with Crippen molar-refractivity contribution in [2.45, 2.75) is 33.1 Å². The van der Waals surface area contributed by atoms with Gasteiger partial charge in [0.25, 0.3) is 5.56 Å². The van der Waals surface area contributed by atoms with Gasteiger partial charge in [0.1, 0.15) is 0 Å². The molecule has 0 saturated heterocycles. The predicted octanol–water partition coefficient (Wildman–Crippen LogP) is 2.82. The van der Waals surface area contributed by atoms with Crippen molar-refractivity contribution in [1.29, 1.82) is 0 Å². The maximum atomic E-state index is 12.0. The quantitative estimate of drug-likeness (QED) is 0.825. The number of nitrogens with zero attached hydrogens (tertiary/aromatic N) is 1. The van der Waals surface area contributed by atoms with Crippen molar-refractivity contribution in [3.05, 3.63) is 51.4 Å². The molecule has 6 nitrogen and oxygen atoms in total. The number of aromatic nitrogens is 2. The summed E-state index contributed by atoms with van der Waals surface area (Å²) in [4.78, 5) is 31.1. The molecule has 0 aliphatic heterocycles. The maximum absolute atomic E-state index is 12.0. The lowest BCUT2D eigenvalue weighted by atomic mass is 10.2. The maximum Gasteiger partial charge on any atom is 0.338 e. The normalized spacial score (nSPS) is 13.0. The van der Waals surface area contributed by atoms with Gasteiger partial charge in [-0.05, 0) is 49.4 Å². The van der Waals surface area contributed by atoms with E-state index in [0.29, 0.717) is 24.0 Å². The molecule has 6 heteroatoms. The van der Waals surface area contributed by atoms with Crippen LogP contribution in [0.4, 0.5) is 11.6 Å². The topological polar surface area (TPSA) is 84.1 Å². The highest BCUT2D eigenvalue weighted by Crippen LogP contribution is 2.19. The Kier molecular flexibility index (Phi) is 4.64. The molecular weight excluding hydrogens is 306 g/mol. The average Bonchev–Trinajstić information content (AvgIpc) is 3.02. The number of rotatable bonds is 5. The fourth-order valence-corrected chi connectivity index (χ4v) is 2.65. The smallest absolute Gasteiger partial charge is 0.338 e. The summed E-state index contributed by atoms with van der Waals surface area (Å²) in [7, 11) is 0. The number of carbonyl (C=O) groups excluding carboxylic acids is 1. The van der Waals surface area contributed by atoms with Crippen LogP contribution < -0.4 is 10.9 Å². The first-order valence-electron chi connectivity index (χ1n) is 8.19. The molecule has 1 aliphatic carbocycles. The number of fused-ring (bicyclic) bond motifs is 1. The molecule has 0 amide bonds. The van der Waals surface area contributed by atoms with E-state index in [-0.39, 0.29) is 11.5 Å². The number of nitrogens with one attached hydrogen (secondary N) is 2. The number of hydrogen-bond donors (Lipinski definition) is 2. The molecule has 2 N–H and O–H groups in total. The molecule has 1 aromatic carbocycles. The second-order valence-corrected chi connectivity index (χ2v) is 6.39. The van der Waals surface area contributed by atoms with Gasteiger partial charge >= 0.3 is 5.97 Å². The van der Waals surface area contributed by atoms with Crippen LogP contribution >= 0.6 is 0 Å². The van der Waals surface area contributed by atoms with E-state index in [0.717, 1.165) is 36.2 Å². The van der Waals surface area contributed by atoms with Crippen LogP contribution in [0.2, 0.25) is 0 Å². The van der Waals surface area contributed by atoms with Crippen LogP contribution in [0, 0.1) is 5.92 Å². The van der Waals surface area contributed by atoms with E-state index in [1.165, 1.54) is 0 Å². The Labute approximate surface area is 140 Å². The van der Waals surface area contributed by atoms with Gasteiger partial charge in [-0.3, -0.25) is 9.78 Å². The number of esters is 1. The van der Waals surface area contributed by atoms with Crippen LogP contribution in [0.15, 0.2) is 29.1 Å². The standard InChI is InChI=1S/C18H21N3O3/c1-11(2)10-24-17(23)12-6-8-13(9-7-12)19-18-20-15-5-3-4-14(15)16(22)21-18/h6-9,11H,3-5,10H2,1-2H3,(H2,19,20,21,22). The van der Waals surface area contributed by atoms with E-state index >= 15 is 0 Å². The highest BCUT2D eigenvalue weighted by Gasteiger charge is 2.17. The van der Waals surface area contributed by atoms with Crippen LogP contribution in [0.1, 0.15) is 41.9 Å². The third-order valence-corrected chi connectivity index (χ3v) is 3.87. The molecule has 24 heavy (non-hydrogen) atoms. The zero-order chi connectivity index (χ0) is 17.1. The first kappa shape index (κ1) is 16.2. The summed E-state index contributed by atoms with van der Waals surface area (Å²) in [6, 6.07) is 6.91. The zero-order valence-corrected chi connectivity index (χ0v) is 13.9. The second kappa shape index (κ2) is 6.86. The Morgan fingerprint density at radius 3 is 2.75 bits per heavy atom. The summed E-state index contributed by atoms with van der Waals surface area (Å²) in [5, 5.41) is 3.07. The van der Waals surface area contributed by atoms with Crippen LogP contribution in [-0.4, -0.2) is 22.5 Å². The van der Waals surface area contributed by atoms with Crippen molar-refractivity contribution in [1.82, 2.24) is 9.97 Å². The van der Waals surface area contributed by atoms with Gasteiger partial charge in [-0.15, -0.1) is 0 Å². The molecule has 126 valence electrons. The fourth-order valence-electron chi connectivity index (χ4n) is 2.65. The van der Waals surface area contributed by atoms with E-state index in [4.69, 9.17) is 4.74 Å². The van der Waals surface area contributed by atoms with Gasteiger partial charge in [0.05, 0.1) is 17.9 Å². The highest BCUT2D eigenvalue weighted by atomic mass is 16.5. The van der Waals surface area contributed by atoms with E-state index in [1.807, 2.05) is 13.8 Å². The molecule has 1 aliphatic rings. The number of aryl methyl sites for hydroxylation is 1. The molecule has 3 rings (SSSR count). The third-order valence-electron chi connectivity index (χ3n) is 3.87. The summed E-state index contributed by atoms with van der Waals surface area (Å²) in [5.41, 5.74) is 2.83. The molecule has 0 unspecified atom stereocenters. The number of anilines is 2. The van der Waals surface area contributed by atoms with Gasteiger partial charge < -0.3 is 10.1 Å². The Balaban J connectivity index is 1.70. The highest BCUT2D eigenvalue weighted by molar-refractivity contribution is 5.89. The lowest BCUT2D eigenvalue weighted by Crippen LogP contribution is -2.16. The third kappa shape index (κ3) is 3.64. The molecule has 1 aromatic heterocycles. The minimum absolute atomic E-state index is 0.0751. The SMILES string of the molecule is CC(C)COC(=O)c1ccc(Nc2nc3c(c(=O)[nH]2)CCC3)cc1. The molecular formula is C18H21N3O3. The van der Waals surface area contributed by atoms with Gasteiger partial charge in [-0.25, -0.2) is 9.78 Å².